The molecule has 1 aliphatic carbocycles. The molecule has 2 aromatic rings. The molecule has 16 heavy (non-hydrogen) atoms. The van der Waals surface area contributed by atoms with Crippen LogP contribution in [0.2, 0.25) is 0 Å². The van der Waals surface area contributed by atoms with Crippen molar-refractivity contribution in [3.8, 4) is 11.3 Å². The second kappa shape index (κ2) is 3.30. The van der Waals surface area contributed by atoms with Gasteiger partial charge < -0.3 is 5.73 Å². The Bertz CT molecular complexity index is 561. The molecule has 0 spiro atoms. The smallest absolute Gasteiger partial charge is 0.220 e. The van der Waals surface area contributed by atoms with Crippen LogP contribution in [0, 0.1) is 6.92 Å². The summed E-state index contributed by atoms with van der Waals surface area (Å²) in [5.74, 6) is 0.368. The third kappa shape index (κ3) is 1.28. The highest BCUT2D eigenvalue weighted by Crippen LogP contribution is 2.33. The fraction of sp³-hybridized carbons (Fsp3) is 0.231. The lowest BCUT2D eigenvalue weighted by molar-refractivity contribution is 0.894. The Balaban J connectivity index is 2.31. The van der Waals surface area contributed by atoms with Crippen molar-refractivity contribution in [1.29, 1.82) is 0 Å². The lowest BCUT2D eigenvalue weighted by Gasteiger charge is -2.20. The molecule has 1 aromatic carbocycles. The van der Waals surface area contributed by atoms with Crippen LogP contribution in [-0.2, 0) is 12.8 Å². The topological polar surface area (TPSA) is 51.8 Å². The second-order valence-electron chi connectivity index (χ2n) is 4.15. The molecule has 0 unspecified atom stereocenters. The number of fused-ring (bicyclic) bond motifs is 3. The molecule has 3 nitrogen and oxygen atoms in total. The van der Waals surface area contributed by atoms with Gasteiger partial charge in [0.05, 0.1) is 5.69 Å². The number of aryl methyl sites for hydroxylation is 2. The Labute approximate surface area is 94.4 Å². The predicted molar refractivity (Wildman–Crippen MR) is 64.0 cm³/mol. The zero-order valence-electron chi connectivity index (χ0n) is 9.20. The summed E-state index contributed by atoms with van der Waals surface area (Å²) in [5.41, 5.74) is 11.6. The Morgan fingerprint density at radius 1 is 1.12 bits per heavy atom. The molecule has 0 saturated carbocycles. The standard InChI is InChI=1S/C13H13N3/c1-8-10-7-6-9-4-2-3-5-11(9)12(10)16-13(14)15-8/h2-5H,6-7H2,1H3,(H2,14,15,16). The summed E-state index contributed by atoms with van der Waals surface area (Å²) in [6.07, 6.45) is 2.08. The Hall–Kier alpha value is -1.90. The van der Waals surface area contributed by atoms with E-state index in [9.17, 15) is 0 Å². The minimum atomic E-state index is 0.368. The first-order valence-electron chi connectivity index (χ1n) is 5.47. The number of nitrogen functional groups attached to an aromatic ring is 1. The molecule has 0 atom stereocenters. The first-order chi connectivity index (χ1) is 7.75. The molecule has 1 heterocycles. The molecule has 80 valence electrons. The lowest BCUT2D eigenvalue weighted by atomic mass is 9.88. The predicted octanol–water partition coefficient (Wildman–Crippen LogP) is 2.13. The first kappa shape index (κ1) is 9.33. The van der Waals surface area contributed by atoms with Crippen LogP contribution in [0.4, 0.5) is 5.95 Å². The van der Waals surface area contributed by atoms with E-state index in [1.807, 2.05) is 13.0 Å². The average Bonchev–Trinajstić information content (AvgIpc) is 2.28. The van der Waals surface area contributed by atoms with Crippen molar-refractivity contribution in [2.75, 3.05) is 5.73 Å². The van der Waals surface area contributed by atoms with Gasteiger partial charge in [-0.1, -0.05) is 24.3 Å². The van der Waals surface area contributed by atoms with Crippen molar-refractivity contribution >= 4 is 5.95 Å². The third-order valence-electron chi connectivity index (χ3n) is 3.15. The van der Waals surface area contributed by atoms with Gasteiger partial charge in [-0.3, -0.25) is 0 Å². The Morgan fingerprint density at radius 2 is 1.94 bits per heavy atom. The SMILES string of the molecule is Cc1nc(N)nc2c1CCc1ccccc1-2. The summed E-state index contributed by atoms with van der Waals surface area (Å²) in [5, 5.41) is 0. The monoisotopic (exact) mass is 211 g/mol. The number of benzene rings is 1. The highest BCUT2D eigenvalue weighted by Gasteiger charge is 2.19. The number of hydrogen-bond acceptors (Lipinski definition) is 3. The summed E-state index contributed by atoms with van der Waals surface area (Å²) < 4.78 is 0. The summed E-state index contributed by atoms with van der Waals surface area (Å²) >= 11 is 0. The zero-order chi connectivity index (χ0) is 11.1. The molecular formula is C13H13N3. The minimum absolute atomic E-state index is 0.368. The van der Waals surface area contributed by atoms with E-state index in [0.29, 0.717) is 5.95 Å². The minimum Gasteiger partial charge on any atom is -0.368 e. The van der Waals surface area contributed by atoms with Crippen LogP contribution < -0.4 is 5.73 Å². The number of nitrogens with two attached hydrogens (primary N) is 1. The van der Waals surface area contributed by atoms with Gasteiger partial charge in [0, 0.05) is 16.8 Å². The molecule has 0 amide bonds. The highest BCUT2D eigenvalue weighted by molar-refractivity contribution is 5.70. The van der Waals surface area contributed by atoms with E-state index in [4.69, 9.17) is 5.73 Å². The molecule has 2 N–H and O–H groups in total. The largest absolute Gasteiger partial charge is 0.368 e. The number of anilines is 1. The average molecular weight is 211 g/mol. The maximum Gasteiger partial charge on any atom is 0.220 e. The maximum absolute atomic E-state index is 5.72. The summed E-state index contributed by atoms with van der Waals surface area (Å²) in [6, 6.07) is 8.38. The van der Waals surface area contributed by atoms with Crippen molar-refractivity contribution < 1.29 is 0 Å². The molecule has 1 aromatic heterocycles. The fourth-order valence-electron chi connectivity index (χ4n) is 2.37. The van der Waals surface area contributed by atoms with Gasteiger partial charge in [-0.25, -0.2) is 9.97 Å². The van der Waals surface area contributed by atoms with E-state index in [2.05, 4.69) is 28.2 Å². The zero-order valence-corrected chi connectivity index (χ0v) is 9.20. The van der Waals surface area contributed by atoms with Gasteiger partial charge in [0.2, 0.25) is 5.95 Å². The fourth-order valence-corrected chi connectivity index (χ4v) is 2.37. The molecule has 1 aliphatic rings. The molecule has 3 rings (SSSR count). The van der Waals surface area contributed by atoms with Gasteiger partial charge in [-0.15, -0.1) is 0 Å². The summed E-state index contributed by atoms with van der Waals surface area (Å²) in [4.78, 5) is 8.61. The van der Waals surface area contributed by atoms with Crippen LogP contribution in [0.5, 0.6) is 0 Å². The lowest BCUT2D eigenvalue weighted by Crippen LogP contribution is -2.11. The van der Waals surface area contributed by atoms with E-state index in [-0.39, 0.29) is 0 Å². The molecule has 0 saturated heterocycles. The number of rotatable bonds is 0. The van der Waals surface area contributed by atoms with Crippen LogP contribution in [0.25, 0.3) is 11.3 Å². The van der Waals surface area contributed by atoms with Crippen LogP contribution >= 0.6 is 0 Å². The molecule has 0 fully saturated rings. The van der Waals surface area contributed by atoms with Gasteiger partial charge in [0.15, 0.2) is 0 Å². The van der Waals surface area contributed by atoms with Crippen molar-refractivity contribution in [2.45, 2.75) is 19.8 Å². The molecule has 0 bridgehead atoms. The number of aromatic nitrogens is 2. The Morgan fingerprint density at radius 3 is 2.81 bits per heavy atom. The van der Waals surface area contributed by atoms with E-state index in [1.165, 1.54) is 16.7 Å². The van der Waals surface area contributed by atoms with Crippen LogP contribution in [0.15, 0.2) is 24.3 Å². The van der Waals surface area contributed by atoms with Crippen LogP contribution in [0.1, 0.15) is 16.8 Å². The van der Waals surface area contributed by atoms with Gasteiger partial charge in [-0.05, 0) is 25.3 Å². The number of nitrogens with zero attached hydrogens (tertiary/aromatic N) is 2. The molecular weight excluding hydrogens is 198 g/mol. The van der Waals surface area contributed by atoms with Crippen molar-refractivity contribution in [3.63, 3.8) is 0 Å². The van der Waals surface area contributed by atoms with E-state index in [1.54, 1.807) is 0 Å². The van der Waals surface area contributed by atoms with Gasteiger partial charge in [0.25, 0.3) is 0 Å². The Kier molecular flexibility index (Phi) is 1.93. The van der Waals surface area contributed by atoms with Crippen molar-refractivity contribution in [1.82, 2.24) is 9.97 Å². The van der Waals surface area contributed by atoms with E-state index >= 15 is 0 Å². The van der Waals surface area contributed by atoms with Gasteiger partial charge in [0.1, 0.15) is 0 Å². The maximum atomic E-state index is 5.72. The summed E-state index contributed by atoms with van der Waals surface area (Å²) in [6.45, 7) is 2.00. The second-order valence-corrected chi connectivity index (χ2v) is 4.15. The van der Waals surface area contributed by atoms with Crippen molar-refractivity contribution in [2.24, 2.45) is 0 Å². The normalized spacial score (nSPS) is 13.1. The number of hydrogen-bond donors (Lipinski definition) is 1. The highest BCUT2D eigenvalue weighted by atomic mass is 15.0. The van der Waals surface area contributed by atoms with Gasteiger partial charge in [-0.2, -0.15) is 0 Å². The first-order valence-corrected chi connectivity index (χ1v) is 5.47. The molecule has 0 radical (unpaired) electrons. The van der Waals surface area contributed by atoms with Crippen LogP contribution in [0.3, 0.4) is 0 Å². The summed E-state index contributed by atoms with van der Waals surface area (Å²) in [7, 11) is 0. The van der Waals surface area contributed by atoms with E-state index in [0.717, 1.165) is 24.2 Å². The van der Waals surface area contributed by atoms with Crippen LogP contribution in [-0.4, -0.2) is 9.97 Å². The van der Waals surface area contributed by atoms with E-state index < -0.39 is 0 Å². The third-order valence-corrected chi connectivity index (χ3v) is 3.15. The quantitative estimate of drug-likeness (QED) is 0.726. The van der Waals surface area contributed by atoms with Crippen molar-refractivity contribution in [3.05, 3.63) is 41.1 Å². The molecule has 0 aliphatic heterocycles. The molecule has 3 heteroatoms. The van der Waals surface area contributed by atoms with Gasteiger partial charge >= 0.3 is 0 Å².